The van der Waals surface area contributed by atoms with Crippen molar-refractivity contribution in [1.29, 1.82) is 0 Å². The van der Waals surface area contributed by atoms with Gasteiger partial charge in [-0.1, -0.05) is 51.5 Å². The first-order valence-electron chi connectivity index (χ1n) is 9.10. The molecule has 1 aromatic rings. The molecule has 0 unspecified atom stereocenters. The van der Waals surface area contributed by atoms with Crippen molar-refractivity contribution in [3.8, 4) is 0 Å². The maximum absolute atomic E-state index is 12.9. The summed E-state index contributed by atoms with van der Waals surface area (Å²) in [6, 6.07) is 7.70. The lowest BCUT2D eigenvalue weighted by Gasteiger charge is -2.31. The SMILES string of the molecule is CCCCN1CC2=C(C1=O)[C@@H](c1ccc(C(C)C)cc1)NC(=O)N2C. The molecule has 5 heteroatoms. The summed E-state index contributed by atoms with van der Waals surface area (Å²) in [7, 11) is 1.74. The summed E-state index contributed by atoms with van der Waals surface area (Å²) in [6.45, 7) is 7.68. The van der Waals surface area contributed by atoms with Gasteiger partial charge in [0.25, 0.3) is 5.91 Å². The Hall–Kier alpha value is -2.30. The third-order valence-corrected chi connectivity index (χ3v) is 5.15. The Morgan fingerprint density at radius 3 is 2.48 bits per heavy atom. The van der Waals surface area contributed by atoms with Crippen molar-refractivity contribution in [3.05, 3.63) is 46.7 Å². The lowest BCUT2D eigenvalue weighted by molar-refractivity contribution is -0.125. The summed E-state index contributed by atoms with van der Waals surface area (Å²) in [4.78, 5) is 28.8. The number of benzene rings is 1. The van der Waals surface area contributed by atoms with Crippen LogP contribution in [0.15, 0.2) is 35.5 Å². The van der Waals surface area contributed by atoms with Crippen LogP contribution in [0, 0.1) is 0 Å². The minimum atomic E-state index is -0.362. The minimum Gasteiger partial charge on any atom is -0.333 e. The van der Waals surface area contributed by atoms with Gasteiger partial charge in [0.1, 0.15) is 0 Å². The lowest BCUT2D eigenvalue weighted by Crippen LogP contribution is -2.45. The number of nitrogens with one attached hydrogen (secondary N) is 1. The monoisotopic (exact) mass is 341 g/mol. The molecule has 3 rings (SSSR count). The highest BCUT2D eigenvalue weighted by molar-refractivity contribution is 6.01. The van der Waals surface area contributed by atoms with Gasteiger partial charge in [0.05, 0.1) is 23.9 Å². The molecular weight excluding hydrogens is 314 g/mol. The molecule has 0 saturated heterocycles. The van der Waals surface area contributed by atoms with E-state index in [0.29, 0.717) is 12.5 Å². The van der Waals surface area contributed by atoms with Crippen LogP contribution in [0.2, 0.25) is 0 Å². The van der Waals surface area contributed by atoms with E-state index in [0.717, 1.165) is 36.2 Å². The summed E-state index contributed by atoms with van der Waals surface area (Å²) in [6.07, 6.45) is 2.02. The van der Waals surface area contributed by atoms with Crippen molar-refractivity contribution >= 4 is 11.9 Å². The van der Waals surface area contributed by atoms with Gasteiger partial charge in [-0.3, -0.25) is 9.69 Å². The first-order chi connectivity index (χ1) is 11.9. The number of unbranched alkanes of at least 4 members (excludes halogenated alkanes) is 1. The summed E-state index contributed by atoms with van der Waals surface area (Å²) in [5.41, 5.74) is 3.77. The average molecular weight is 341 g/mol. The second-order valence-electron chi connectivity index (χ2n) is 7.20. The van der Waals surface area contributed by atoms with Crippen LogP contribution in [0.5, 0.6) is 0 Å². The van der Waals surface area contributed by atoms with Gasteiger partial charge in [-0.05, 0) is 23.5 Å². The summed E-state index contributed by atoms with van der Waals surface area (Å²) >= 11 is 0. The van der Waals surface area contributed by atoms with Crippen molar-refractivity contribution in [3.63, 3.8) is 0 Å². The molecule has 2 aliphatic heterocycles. The van der Waals surface area contributed by atoms with Gasteiger partial charge in [0, 0.05) is 13.6 Å². The molecule has 2 heterocycles. The second-order valence-corrected chi connectivity index (χ2v) is 7.20. The quantitative estimate of drug-likeness (QED) is 0.892. The smallest absolute Gasteiger partial charge is 0.322 e. The van der Waals surface area contributed by atoms with E-state index >= 15 is 0 Å². The van der Waals surface area contributed by atoms with Crippen LogP contribution in [0.4, 0.5) is 4.79 Å². The van der Waals surface area contributed by atoms with Crippen molar-refractivity contribution in [2.45, 2.75) is 45.6 Å². The number of urea groups is 1. The molecule has 0 fully saturated rings. The Balaban J connectivity index is 1.93. The maximum Gasteiger partial charge on any atom is 0.322 e. The molecule has 1 atom stereocenters. The normalized spacial score (nSPS) is 20.4. The van der Waals surface area contributed by atoms with Gasteiger partial charge in [0.15, 0.2) is 0 Å². The number of amides is 3. The molecule has 0 radical (unpaired) electrons. The van der Waals surface area contributed by atoms with E-state index in [4.69, 9.17) is 0 Å². The Morgan fingerprint density at radius 2 is 1.88 bits per heavy atom. The predicted octanol–water partition coefficient (Wildman–Crippen LogP) is 3.40. The van der Waals surface area contributed by atoms with Crippen LogP contribution in [-0.2, 0) is 4.79 Å². The third kappa shape index (κ3) is 3.15. The number of carbonyl (C=O) groups excluding carboxylic acids is 2. The van der Waals surface area contributed by atoms with E-state index in [1.165, 1.54) is 5.56 Å². The van der Waals surface area contributed by atoms with E-state index in [9.17, 15) is 9.59 Å². The van der Waals surface area contributed by atoms with Gasteiger partial charge in [0.2, 0.25) is 0 Å². The zero-order valence-electron chi connectivity index (χ0n) is 15.5. The fourth-order valence-corrected chi connectivity index (χ4v) is 3.48. The Morgan fingerprint density at radius 1 is 1.20 bits per heavy atom. The highest BCUT2D eigenvalue weighted by Gasteiger charge is 2.42. The van der Waals surface area contributed by atoms with Gasteiger partial charge in [-0.2, -0.15) is 0 Å². The lowest BCUT2D eigenvalue weighted by atomic mass is 9.93. The first-order valence-corrected chi connectivity index (χ1v) is 9.10. The van der Waals surface area contributed by atoms with Gasteiger partial charge in [-0.25, -0.2) is 4.79 Å². The number of nitrogens with zero attached hydrogens (tertiary/aromatic N) is 2. The summed E-state index contributed by atoms with van der Waals surface area (Å²) in [5.74, 6) is 0.502. The zero-order chi connectivity index (χ0) is 18.1. The topological polar surface area (TPSA) is 52.7 Å². The molecule has 0 bridgehead atoms. The highest BCUT2D eigenvalue weighted by Crippen LogP contribution is 2.36. The molecule has 0 aliphatic carbocycles. The van der Waals surface area contributed by atoms with Crippen LogP contribution in [0.25, 0.3) is 0 Å². The van der Waals surface area contributed by atoms with E-state index in [2.05, 4.69) is 38.2 Å². The van der Waals surface area contributed by atoms with E-state index in [1.807, 2.05) is 17.0 Å². The third-order valence-electron chi connectivity index (χ3n) is 5.15. The Kier molecular flexibility index (Phi) is 4.84. The molecule has 3 amide bonds. The molecule has 5 nitrogen and oxygen atoms in total. The van der Waals surface area contributed by atoms with Gasteiger partial charge < -0.3 is 10.2 Å². The molecule has 0 aromatic heterocycles. The van der Waals surface area contributed by atoms with Crippen molar-refractivity contribution in [1.82, 2.24) is 15.1 Å². The fraction of sp³-hybridized carbons (Fsp3) is 0.500. The zero-order valence-corrected chi connectivity index (χ0v) is 15.5. The van der Waals surface area contributed by atoms with E-state index in [-0.39, 0.29) is 18.0 Å². The molecular formula is C20H27N3O2. The molecule has 1 N–H and O–H groups in total. The minimum absolute atomic E-state index is 0.0493. The number of carbonyl (C=O) groups is 2. The molecule has 2 aliphatic rings. The molecule has 0 saturated carbocycles. The van der Waals surface area contributed by atoms with Gasteiger partial charge in [-0.15, -0.1) is 0 Å². The van der Waals surface area contributed by atoms with Crippen molar-refractivity contribution < 1.29 is 9.59 Å². The van der Waals surface area contributed by atoms with E-state index < -0.39 is 0 Å². The van der Waals surface area contributed by atoms with Crippen LogP contribution in [0.1, 0.15) is 56.7 Å². The highest BCUT2D eigenvalue weighted by atomic mass is 16.2. The first kappa shape index (κ1) is 17.5. The predicted molar refractivity (Wildman–Crippen MR) is 98.1 cm³/mol. The molecule has 25 heavy (non-hydrogen) atoms. The second kappa shape index (κ2) is 6.90. The average Bonchev–Trinajstić information content (AvgIpc) is 2.93. The van der Waals surface area contributed by atoms with Crippen molar-refractivity contribution in [2.24, 2.45) is 0 Å². The fourth-order valence-electron chi connectivity index (χ4n) is 3.48. The summed E-state index contributed by atoms with van der Waals surface area (Å²) < 4.78 is 0. The van der Waals surface area contributed by atoms with Crippen LogP contribution < -0.4 is 5.32 Å². The van der Waals surface area contributed by atoms with Gasteiger partial charge >= 0.3 is 6.03 Å². The van der Waals surface area contributed by atoms with Crippen molar-refractivity contribution in [2.75, 3.05) is 20.1 Å². The standard InChI is InChI=1S/C20H27N3O2/c1-5-6-11-23-12-16-17(19(23)24)18(21-20(25)22(16)4)15-9-7-14(8-10-15)13(2)3/h7-10,13,18H,5-6,11-12H2,1-4H3,(H,21,25)/t18-/m1/s1. The van der Waals surface area contributed by atoms with E-state index in [1.54, 1.807) is 11.9 Å². The molecule has 134 valence electrons. The number of rotatable bonds is 5. The van der Waals surface area contributed by atoms with Crippen LogP contribution in [-0.4, -0.2) is 41.9 Å². The maximum atomic E-state index is 12.9. The summed E-state index contributed by atoms with van der Waals surface area (Å²) in [5, 5.41) is 2.99. The van der Waals surface area contributed by atoms with Crippen LogP contribution in [0.3, 0.4) is 0 Å². The van der Waals surface area contributed by atoms with Crippen LogP contribution >= 0.6 is 0 Å². The molecule has 1 aromatic carbocycles. The molecule has 0 spiro atoms. The number of hydrogen-bond donors (Lipinski definition) is 1. The number of likely N-dealkylation sites (N-methyl/N-ethyl adjacent to an activating group) is 1. The largest absolute Gasteiger partial charge is 0.333 e. The Bertz CT molecular complexity index is 706. The number of hydrogen-bond acceptors (Lipinski definition) is 2. The Labute approximate surface area is 149 Å².